The molecule has 1 spiro atoms. The highest BCUT2D eigenvalue weighted by atomic mass is 16.7. The number of aliphatic hydroxyl groups excluding tert-OH is 2. The van der Waals surface area contributed by atoms with Crippen LogP contribution in [0.15, 0.2) is 59.8 Å². The summed E-state index contributed by atoms with van der Waals surface area (Å²) in [5.74, 6) is -2.31. The topological polar surface area (TPSA) is 170 Å². The molecule has 0 amide bonds. The molecule has 0 aromatic heterocycles. The molecule has 8 aliphatic rings. The zero-order valence-corrected chi connectivity index (χ0v) is 38.1. The standard InChI is InChI=1S/C49H72O14/c1-27-13-11-16-33-26-56-46-42(50)29(3)21-36(49(33,46)53)47(52)59-35-22-34(62-48(25-35)20-19-28(2)44(63-48)32-14-9-8-10-15-32)17-12-18-37(27)60-40-24-39(55-7)45(31(5)58-40)61-41-23-38(54-6)43(51)30(4)57-41/h11-13,16,18-21,27-28,30-32,34-46,50-51,53H,8-10,14-15,17,22-26H2,1-7H3/b13-11+,18-12+,33-16+/t27-,28-,30-,31-,34+,35-,36-,37+,38-,39-,40-,41-,42+,43-,44-,45-,46+,48+,49+/m0/s1. The van der Waals surface area contributed by atoms with Crippen molar-refractivity contribution in [1.82, 2.24) is 0 Å². The fraction of sp³-hybridized carbons (Fsp3) is 0.776. The van der Waals surface area contributed by atoms with Gasteiger partial charge < -0.3 is 62.7 Å². The van der Waals surface area contributed by atoms with Crippen molar-refractivity contribution >= 4 is 5.97 Å². The van der Waals surface area contributed by atoms with Gasteiger partial charge in [-0.15, -0.1) is 0 Å². The van der Waals surface area contributed by atoms with Crippen molar-refractivity contribution in [2.75, 3.05) is 20.8 Å². The number of hydrogen-bond acceptors (Lipinski definition) is 14. The molecule has 2 bridgehead atoms. The predicted octanol–water partition coefficient (Wildman–Crippen LogP) is 5.52. The second-order valence-corrected chi connectivity index (χ2v) is 19.5. The van der Waals surface area contributed by atoms with Crippen LogP contribution in [0.3, 0.4) is 0 Å². The summed E-state index contributed by atoms with van der Waals surface area (Å²) in [5, 5.41) is 34.2. The van der Waals surface area contributed by atoms with Gasteiger partial charge in [0, 0.05) is 51.7 Å². The maximum absolute atomic E-state index is 14.4. The van der Waals surface area contributed by atoms with Crippen LogP contribution in [0.4, 0.5) is 0 Å². The summed E-state index contributed by atoms with van der Waals surface area (Å²) >= 11 is 0. The summed E-state index contributed by atoms with van der Waals surface area (Å²) in [6.45, 7) is 9.77. The maximum Gasteiger partial charge on any atom is 0.316 e. The molecule has 14 nitrogen and oxygen atoms in total. The quantitative estimate of drug-likeness (QED) is 0.216. The third-order valence-electron chi connectivity index (χ3n) is 15.0. The van der Waals surface area contributed by atoms with E-state index in [1.54, 1.807) is 40.2 Å². The maximum atomic E-state index is 14.4. The number of carbonyl (C=O) groups is 1. The molecule has 5 fully saturated rings. The van der Waals surface area contributed by atoms with Gasteiger partial charge in [-0.05, 0) is 63.2 Å². The van der Waals surface area contributed by atoms with Crippen molar-refractivity contribution in [3.05, 3.63) is 59.8 Å². The van der Waals surface area contributed by atoms with Gasteiger partial charge >= 0.3 is 5.97 Å². The number of methoxy groups -OCH3 is 2. The molecule has 0 aromatic carbocycles. The molecule has 1 saturated carbocycles. The van der Waals surface area contributed by atoms with Crippen molar-refractivity contribution in [3.63, 3.8) is 0 Å². The minimum atomic E-state index is -1.83. The highest BCUT2D eigenvalue weighted by molar-refractivity contribution is 5.78. The lowest BCUT2D eigenvalue weighted by Crippen LogP contribution is -2.58. The van der Waals surface area contributed by atoms with Crippen LogP contribution < -0.4 is 0 Å². The van der Waals surface area contributed by atoms with Crippen molar-refractivity contribution in [2.45, 2.75) is 196 Å². The molecule has 3 N–H and O–H groups in total. The number of esters is 1. The van der Waals surface area contributed by atoms with E-state index in [2.05, 4.69) is 26.0 Å². The Labute approximate surface area is 372 Å². The minimum Gasteiger partial charge on any atom is -0.462 e. The first-order valence-corrected chi connectivity index (χ1v) is 23.6. The summed E-state index contributed by atoms with van der Waals surface area (Å²) in [5.41, 5.74) is -0.803. The molecule has 19 atom stereocenters. The molecule has 6 aliphatic heterocycles. The Morgan fingerprint density at radius 2 is 1.56 bits per heavy atom. The van der Waals surface area contributed by atoms with Gasteiger partial charge in [-0.2, -0.15) is 0 Å². The monoisotopic (exact) mass is 884 g/mol. The van der Waals surface area contributed by atoms with E-state index in [4.69, 9.17) is 47.4 Å². The van der Waals surface area contributed by atoms with Crippen molar-refractivity contribution < 1.29 is 67.5 Å². The van der Waals surface area contributed by atoms with Gasteiger partial charge in [0.05, 0.1) is 49.3 Å². The van der Waals surface area contributed by atoms with E-state index in [1.807, 2.05) is 31.2 Å². The molecule has 6 heterocycles. The minimum absolute atomic E-state index is 0.0211. The molecule has 8 rings (SSSR count). The van der Waals surface area contributed by atoms with E-state index in [0.717, 1.165) is 12.8 Å². The third kappa shape index (κ3) is 9.90. The Bertz CT molecular complexity index is 1740. The molecule has 63 heavy (non-hydrogen) atoms. The highest BCUT2D eigenvalue weighted by Crippen LogP contribution is 2.47. The number of hydrogen-bond donors (Lipinski definition) is 3. The second-order valence-electron chi connectivity index (χ2n) is 19.5. The second kappa shape index (κ2) is 19.9. The van der Waals surface area contributed by atoms with Gasteiger partial charge in [0.1, 0.15) is 42.0 Å². The Balaban J connectivity index is 1.06. The normalized spacial score (nSPS) is 49.3. The largest absolute Gasteiger partial charge is 0.462 e. The molecular formula is C49H72O14. The average Bonchev–Trinajstić information content (AvgIpc) is 3.60. The van der Waals surface area contributed by atoms with Gasteiger partial charge in [-0.1, -0.05) is 75.6 Å². The molecule has 352 valence electrons. The van der Waals surface area contributed by atoms with Gasteiger partial charge in [0.25, 0.3) is 0 Å². The van der Waals surface area contributed by atoms with E-state index in [-0.39, 0.29) is 36.8 Å². The lowest BCUT2D eigenvalue weighted by Gasteiger charge is -2.49. The van der Waals surface area contributed by atoms with Crippen molar-refractivity contribution in [3.8, 4) is 0 Å². The molecule has 0 unspecified atom stereocenters. The van der Waals surface area contributed by atoms with Crippen LogP contribution in [-0.4, -0.2) is 139 Å². The van der Waals surface area contributed by atoms with E-state index < -0.39 is 90.8 Å². The molecule has 14 heteroatoms. The first-order valence-electron chi connectivity index (χ1n) is 23.6. The van der Waals surface area contributed by atoms with Crippen LogP contribution in [0.2, 0.25) is 0 Å². The fourth-order valence-electron chi connectivity index (χ4n) is 11.3. The zero-order valence-electron chi connectivity index (χ0n) is 38.1. The molecule has 2 aliphatic carbocycles. The van der Waals surface area contributed by atoms with Gasteiger partial charge in [-0.3, -0.25) is 4.79 Å². The Morgan fingerprint density at radius 3 is 2.32 bits per heavy atom. The first kappa shape index (κ1) is 47.2. The summed E-state index contributed by atoms with van der Waals surface area (Å²) < 4.78 is 63.7. The van der Waals surface area contributed by atoms with Crippen LogP contribution in [0.25, 0.3) is 0 Å². The molecule has 0 radical (unpaired) electrons. The molecular weight excluding hydrogens is 813 g/mol. The summed E-state index contributed by atoms with van der Waals surface area (Å²) in [6, 6.07) is 0. The Morgan fingerprint density at radius 1 is 0.825 bits per heavy atom. The SMILES string of the molecule is CO[C@H]1C[C@H](O[C@H]2[C@H](C)O[C@@H](O[C@@H]3/C=C/C[C@@H]4C[C@@H](C[C@]5(C=C[C@H](C)[C@@H](C6CCCCC6)O5)O4)OC(=O)[C@@H]4C=C(C)[C@@H](O)[C@H]5OC/C(=C\C=C\[C@@H]3C)[C@]54O)C[C@@H]2OC)O[C@@H](C)[C@@H]1O. The number of rotatable bonds is 7. The highest BCUT2D eigenvalue weighted by Gasteiger charge is 2.60. The summed E-state index contributed by atoms with van der Waals surface area (Å²) in [4.78, 5) is 14.4. The van der Waals surface area contributed by atoms with Gasteiger partial charge in [0.15, 0.2) is 18.4 Å². The third-order valence-corrected chi connectivity index (χ3v) is 15.0. The predicted molar refractivity (Wildman–Crippen MR) is 230 cm³/mol. The van der Waals surface area contributed by atoms with E-state index in [9.17, 15) is 20.1 Å². The van der Waals surface area contributed by atoms with Crippen LogP contribution >= 0.6 is 0 Å². The molecule has 4 saturated heterocycles. The van der Waals surface area contributed by atoms with E-state index in [0.29, 0.717) is 49.2 Å². The fourth-order valence-corrected chi connectivity index (χ4v) is 11.3. The van der Waals surface area contributed by atoms with Crippen LogP contribution in [0.5, 0.6) is 0 Å². The van der Waals surface area contributed by atoms with Crippen LogP contribution in [0.1, 0.15) is 98.8 Å². The Kier molecular flexibility index (Phi) is 14.9. The van der Waals surface area contributed by atoms with Crippen molar-refractivity contribution in [2.24, 2.45) is 23.7 Å². The van der Waals surface area contributed by atoms with Gasteiger partial charge in [-0.25, -0.2) is 0 Å². The lowest BCUT2D eigenvalue weighted by molar-refractivity contribution is -0.318. The van der Waals surface area contributed by atoms with E-state index >= 15 is 0 Å². The zero-order chi connectivity index (χ0) is 44.6. The first-order chi connectivity index (χ1) is 30.2. The smallest absolute Gasteiger partial charge is 0.316 e. The van der Waals surface area contributed by atoms with Crippen LogP contribution in [-0.2, 0) is 52.2 Å². The van der Waals surface area contributed by atoms with Gasteiger partial charge in [0.2, 0.25) is 0 Å². The van der Waals surface area contributed by atoms with Crippen molar-refractivity contribution in [1.29, 1.82) is 0 Å². The number of allylic oxidation sites excluding steroid dienone is 2. The summed E-state index contributed by atoms with van der Waals surface area (Å²) in [6.07, 6.45) is 15.7. The number of aliphatic hydroxyl groups is 3. The molecule has 0 aromatic rings. The number of ether oxygens (including phenoxy) is 10. The van der Waals surface area contributed by atoms with E-state index in [1.165, 1.54) is 19.3 Å². The Hall–Kier alpha value is -2.31. The number of fused-ring (bicyclic) bond motifs is 2. The lowest BCUT2D eigenvalue weighted by atomic mass is 9.71. The average molecular weight is 885 g/mol. The number of carbonyl (C=O) groups excluding carboxylic acids is 1. The summed E-state index contributed by atoms with van der Waals surface area (Å²) in [7, 11) is 3.22. The van der Waals surface area contributed by atoms with Crippen LogP contribution in [0, 0.1) is 23.7 Å².